The van der Waals surface area contributed by atoms with Crippen molar-refractivity contribution in [2.75, 3.05) is 11.9 Å². The molecule has 2 amide bonds. The van der Waals surface area contributed by atoms with Crippen molar-refractivity contribution in [2.45, 2.75) is 17.4 Å². The normalized spacial score (nSPS) is 27.8. The Balaban J connectivity index is 1.26. The first-order valence-corrected chi connectivity index (χ1v) is 9.68. The predicted octanol–water partition coefficient (Wildman–Crippen LogP) is 2.09. The van der Waals surface area contributed by atoms with Crippen molar-refractivity contribution in [3.63, 3.8) is 0 Å². The van der Waals surface area contributed by atoms with E-state index in [2.05, 4.69) is 20.3 Å². The minimum absolute atomic E-state index is 0.0421. The maximum Gasteiger partial charge on any atom is 0.331 e. The van der Waals surface area contributed by atoms with E-state index in [0.717, 1.165) is 11.9 Å². The molecule has 4 aliphatic rings. The number of nitrogens with one attached hydrogen (secondary N) is 1. The summed E-state index contributed by atoms with van der Waals surface area (Å²) in [6, 6.07) is 7.12. The number of hydrogen-bond donors (Lipinski definition) is 1. The van der Waals surface area contributed by atoms with Gasteiger partial charge in [-0.05, 0) is 0 Å². The summed E-state index contributed by atoms with van der Waals surface area (Å²) < 4.78 is 34.5. The smallest absolute Gasteiger partial charge is 0.331 e. The number of rotatable bonds is 4. The summed E-state index contributed by atoms with van der Waals surface area (Å²) in [5.74, 6) is -5.51. The van der Waals surface area contributed by atoms with E-state index >= 15 is 0 Å². The van der Waals surface area contributed by atoms with Crippen molar-refractivity contribution in [3.05, 3.63) is 71.8 Å². The summed E-state index contributed by atoms with van der Waals surface area (Å²) in [4.78, 5) is 39.5. The monoisotopic (exact) mass is 423 g/mol. The molecule has 2 aromatic heterocycles. The molecule has 7 rings (SSSR count). The van der Waals surface area contributed by atoms with Crippen LogP contribution < -0.4 is 10.2 Å². The number of amides is 2. The number of carbonyl (C=O) groups excluding carboxylic acids is 2. The van der Waals surface area contributed by atoms with Crippen molar-refractivity contribution < 1.29 is 22.8 Å². The number of likely N-dealkylation sites (N-methyl/N-ethyl adjacent to an activating group) is 1. The highest BCUT2D eigenvalue weighted by molar-refractivity contribution is 6.10. The molecule has 4 heterocycles. The lowest BCUT2D eigenvalue weighted by Crippen LogP contribution is -2.54. The van der Waals surface area contributed by atoms with Gasteiger partial charge in [-0.3, -0.25) is 19.5 Å². The van der Waals surface area contributed by atoms with Gasteiger partial charge in [0.05, 0.1) is 11.9 Å². The van der Waals surface area contributed by atoms with Crippen molar-refractivity contribution in [3.8, 4) is 0 Å². The summed E-state index contributed by atoms with van der Waals surface area (Å²) in [5.41, 5.74) is -0.645. The first-order valence-electron chi connectivity index (χ1n) is 9.68. The molecule has 0 radical (unpaired) electrons. The number of hydrogen-bond acceptors (Lipinski definition) is 6. The Kier molecular flexibility index (Phi) is 3.34. The molecule has 2 aliphatic heterocycles. The average molecular weight is 423 g/mol. The van der Waals surface area contributed by atoms with Crippen LogP contribution in [-0.2, 0) is 10.7 Å². The number of benzene rings is 1. The Morgan fingerprint density at radius 2 is 1.87 bits per heavy atom. The number of oxazole rings is 1. The van der Waals surface area contributed by atoms with Crippen molar-refractivity contribution in [1.82, 2.24) is 20.3 Å². The van der Waals surface area contributed by atoms with E-state index in [1.165, 1.54) is 35.4 Å². The molecule has 31 heavy (non-hydrogen) atoms. The van der Waals surface area contributed by atoms with Crippen LogP contribution >= 0.6 is 0 Å². The molecule has 1 N–H and O–H groups in total. The van der Waals surface area contributed by atoms with Gasteiger partial charge in [0.15, 0.2) is 11.6 Å². The molecular formula is C21H15F2N5O3. The Hall–Kier alpha value is -3.69. The van der Waals surface area contributed by atoms with Gasteiger partial charge in [0.1, 0.15) is 5.54 Å². The second-order valence-electron chi connectivity index (χ2n) is 8.00. The minimum atomic E-state index is -3.45. The van der Waals surface area contributed by atoms with Crippen LogP contribution in [0.4, 0.5) is 14.6 Å². The van der Waals surface area contributed by atoms with Crippen LogP contribution in [0.1, 0.15) is 33.6 Å². The molecule has 2 bridgehead atoms. The molecule has 2 fully saturated rings. The van der Waals surface area contributed by atoms with Gasteiger partial charge in [0, 0.05) is 42.8 Å². The number of fused-ring (bicyclic) bond motifs is 1. The summed E-state index contributed by atoms with van der Waals surface area (Å²) in [6.45, 7) is 0. The minimum Gasteiger partial charge on any atom is -0.431 e. The van der Waals surface area contributed by atoms with Crippen LogP contribution in [0.25, 0.3) is 0 Å². The van der Waals surface area contributed by atoms with Crippen molar-refractivity contribution >= 4 is 17.6 Å². The number of anilines is 1. The molecule has 3 unspecified atom stereocenters. The van der Waals surface area contributed by atoms with Crippen LogP contribution in [0.3, 0.4) is 0 Å². The average Bonchev–Trinajstić information content (AvgIpc) is 3.62. The molecule has 0 spiro atoms. The highest BCUT2D eigenvalue weighted by Gasteiger charge is 2.90. The largest absolute Gasteiger partial charge is 0.431 e. The number of aromatic nitrogens is 3. The van der Waals surface area contributed by atoms with Crippen molar-refractivity contribution in [1.29, 1.82) is 0 Å². The van der Waals surface area contributed by atoms with Gasteiger partial charge >= 0.3 is 11.8 Å². The highest BCUT2D eigenvalue weighted by atomic mass is 19.3. The summed E-state index contributed by atoms with van der Waals surface area (Å²) in [7, 11) is 1.58. The van der Waals surface area contributed by atoms with Crippen molar-refractivity contribution in [2.24, 2.45) is 11.8 Å². The van der Waals surface area contributed by atoms with Gasteiger partial charge in [-0.15, -0.1) is 0 Å². The number of halogens is 2. The summed E-state index contributed by atoms with van der Waals surface area (Å²) >= 11 is 0. The van der Waals surface area contributed by atoms with Gasteiger partial charge in [0.25, 0.3) is 11.8 Å². The SMILES string of the molecule is CN1C(=O)C2(NC(=O)c3ncc(C(F)(F)c4ccccc4)o3)C3C(c4nccnc41)[C@H]32. The van der Waals surface area contributed by atoms with Gasteiger partial charge < -0.3 is 9.73 Å². The second-order valence-corrected chi connectivity index (χ2v) is 8.00. The molecule has 10 heteroatoms. The Bertz CT molecular complexity index is 1230. The maximum atomic E-state index is 14.7. The molecular weight excluding hydrogens is 408 g/mol. The fourth-order valence-electron chi connectivity index (χ4n) is 4.81. The van der Waals surface area contributed by atoms with Crippen LogP contribution in [0.15, 0.2) is 53.3 Å². The lowest BCUT2D eigenvalue weighted by Gasteiger charge is -2.25. The van der Waals surface area contributed by atoms with Crippen LogP contribution in [-0.4, -0.2) is 39.4 Å². The number of alkyl halides is 2. The van der Waals surface area contributed by atoms with Gasteiger partial charge in [-0.1, -0.05) is 30.3 Å². The van der Waals surface area contributed by atoms with Gasteiger partial charge in [-0.25, -0.2) is 9.97 Å². The number of carbonyl (C=O) groups is 2. The third-order valence-corrected chi connectivity index (χ3v) is 6.43. The van der Waals surface area contributed by atoms with Crippen LogP contribution in [0, 0.1) is 11.8 Å². The summed E-state index contributed by atoms with van der Waals surface area (Å²) in [6.07, 6.45) is 3.91. The topological polar surface area (TPSA) is 101 Å². The molecule has 2 aliphatic carbocycles. The first kappa shape index (κ1) is 18.1. The predicted molar refractivity (Wildman–Crippen MR) is 101 cm³/mol. The molecule has 156 valence electrons. The molecule has 0 saturated heterocycles. The molecule has 2 saturated carbocycles. The van der Waals surface area contributed by atoms with E-state index in [1.54, 1.807) is 19.3 Å². The summed E-state index contributed by atoms with van der Waals surface area (Å²) in [5, 5.41) is 2.69. The van der Waals surface area contributed by atoms with E-state index in [9.17, 15) is 18.4 Å². The zero-order valence-corrected chi connectivity index (χ0v) is 16.1. The first-order chi connectivity index (χ1) is 14.9. The molecule has 1 aromatic carbocycles. The fourth-order valence-corrected chi connectivity index (χ4v) is 4.81. The Morgan fingerprint density at radius 1 is 1.16 bits per heavy atom. The molecule has 8 nitrogen and oxygen atoms in total. The lowest BCUT2D eigenvalue weighted by atomic mass is 9.95. The van der Waals surface area contributed by atoms with E-state index < -0.39 is 29.0 Å². The second kappa shape index (κ2) is 5.71. The van der Waals surface area contributed by atoms with Crippen LogP contribution in [0.2, 0.25) is 0 Å². The van der Waals surface area contributed by atoms with Gasteiger partial charge in [0.2, 0.25) is 0 Å². The third kappa shape index (κ3) is 2.24. The zero-order chi connectivity index (χ0) is 21.5. The quantitative estimate of drug-likeness (QED) is 0.690. The zero-order valence-electron chi connectivity index (χ0n) is 16.1. The Morgan fingerprint density at radius 3 is 2.61 bits per heavy atom. The number of nitrogens with zero attached hydrogens (tertiary/aromatic N) is 4. The molecule has 3 aromatic rings. The molecule has 4 atom stereocenters. The highest BCUT2D eigenvalue weighted by Crippen LogP contribution is 2.81. The van der Waals surface area contributed by atoms with E-state index in [1.807, 2.05) is 0 Å². The lowest BCUT2D eigenvalue weighted by molar-refractivity contribution is -0.122. The van der Waals surface area contributed by atoms with E-state index in [-0.39, 0.29) is 29.2 Å². The third-order valence-electron chi connectivity index (χ3n) is 6.43. The van der Waals surface area contributed by atoms with Gasteiger partial charge in [-0.2, -0.15) is 8.78 Å². The van der Waals surface area contributed by atoms with E-state index in [4.69, 9.17) is 4.42 Å². The standard InChI is InChI=1S/C21H15F2N5O3/c1-28-16-15(24-7-8-25-16)12-13-14(12)20(13,19(28)30)27-17(29)18-26-9-11(31-18)21(22,23)10-5-3-2-4-6-10/h2-9,12-14H,1H3,(H,27,29)/t12?,13-,14?,20?/m1/s1. The van der Waals surface area contributed by atoms with E-state index in [0.29, 0.717) is 5.82 Å². The Labute approximate surface area is 174 Å². The van der Waals surface area contributed by atoms with Crippen LogP contribution in [0.5, 0.6) is 0 Å². The maximum absolute atomic E-state index is 14.7. The fraction of sp³-hybridized carbons (Fsp3) is 0.286.